The Morgan fingerprint density at radius 2 is 1.63 bits per heavy atom. The van der Waals surface area contributed by atoms with Crippen molar-refractivity contribution in [2.24, 2.45) is 0 Å². The minimum Gasteiger partial charge on any atom is -0.497 e. The number of rotatable bonds is 5. The van der Waals surface area contributed by atoms with Crippen LogP contribution in [0, 0.1) is 0 Å². The van der Waals surface area contributed by atoms with Crippen LogP contribution >= 0.6 is 0 Å². The Hall–Kier alpha value is -1.02. The van der Waals surface area contributed by atoms with E-state index in [9.17, 15) is 0 Å². The molecule has 1 fully saturated rings. The molecule has 106 valence electrons. The summed E-state index contributed by atoms with van der Waals surface area (Å²) in [6.45, 7) is 1.22. The number of quaternary nitrogens is 1. The van der Waals surface area contributed by atoms with Gasteiger partial charge in [0.2, 0.25) is 0 Å². The number of hydrogen-bond acceptors (Lipinski definition) is 1. The van der Waals surface area contributed by atoms with Crippen molar-refractivity contribution in [1.29, 1.82) is 0 Å². The highest BCUT2D eigenvalue weighted by Gasteiger charge is 2.13. The number of hydrogen-bond donors (Lipinski definition) is 1. The zero-order chi connectivity index (χ0) is 13.3. The first-order valence-corrected chi connectivity index (χ1v) is 7.85. The number of ether oxygens (including phenoxy) is 1. The predicted molar refractivity (Wildman–Crippen MR) is 79.6 cm³/mol. The molecule has 0 heterocycles. The van der Waals surface area contributed by atoms with Gasteiger partial charge in [-0.3, -0.25) is 0 Å². The highest BCUT2D eigenvalue weighted by atomic mass is 16.5. The molecule has 0 bridgehead atoms. The van der Waals surface area contributed by atoms with Crippen LogP contribution in [0.4, 0.5) is 0 Å². The molecule has 0 spiro atoms. The quantitative estimate of drug-likeness (QED) is 0.867. The summed E-state index contributed by atoms with van der Waals surface area (Å²) in [4.78, 5) is 0. The molecule has 0 atom stereocenters. The smallest absolute Gasteiger partial charge is 0.118 e. The van der Waals surface area contributed by atoms with Crippen molar-refractivity contribution in [2.75, 3.05) is 13.7 Å². The second kappa shape index (κ2) is 8.21. The largest absolute Gasteiger partial charge is 0.497 e. The van der Waals surface area contributed by atoms with E-state index in [0.717, 1.165) is 11.8 Å². The monoisotopic (exact) mass is 262 g/mol. The summed E-state index contributed by atoms with van der Waals surface area (Å²) in [7, 11) is 1.72. The van der Waals surface area contributed by atoms with Gasteiger partial charge in [0.25, 0.3) is 0 Å². The maximum absolute atomic E-state index is 5.19. The molecule has 1 saturated carbocycles. The molecule has 0 aliphatic heterocycles. The first kappa shape index (κ1) is 14.4. The molecular formula is C17H28NO+. The average Bonchev–Trinajstić information content (AvgIpc) is 2.42. The second-order valence-electron chi connectivity index (χ2n) is 5.73. The lowest BCUT2D eigenvalue weighted by molar-refractivity contribution is -0.690. The van der Waals surface area contributed by atoms with E-state index in [4.69, 9.17) is 4.74 Å². The van der Waals surface area contributed by atoms with Crippen molar-refractivity contribution in [1.82, 2.24) is 0 Å². The van der Waals surface area contributed by atoms with E-state index in [2.05, 4.69) is 29.6 Å². The molecule has 1 aliphatic carbocycles. The Labute approximate surface area is 117 Å². The lowest BCUT2D eigenvalue weighted by atomic mass is 9.96. The summed E-state index contributed by atoms with van der Waals surface area (Å²) < 4.78 is 5.19. The van der Waals surface area contributed by atoms with Crippen LogP contribution in [0.25, 0.3) is 0 Å². The van der Waals surface area contributed by atoms with Gasteiger partial charge in [0, 0.05) is 6.42 Å². The van der Waals surface area contributed by atoms with E-state index >= 15 is 0 Å². The number of methoxy groups -OCH3 is 1. The molecule has 2 N–H and O–H groups in total. The lowest BCUT2D eigenvalue weighted by Crippen LogP contribution is -2.90. The Morgan fingerprint density at radius 1 is 1.00 bits per heavy atom. The standard InChI is InChI=1S/C17H27NO/c1-19-17-11-9-15(10-12-17)13-14-18-16-7-5-3-2-4-6-8-16/h9-12,16,18H,2-8,13-14H2,1H3/p+1. The van der Waals surface area contributed by atoms with Crippen LogP contribution in [0.15, 0.2) is 24.3 Å². The third kappa shape index (κ3) is 5.23. The number of nitrogens with two attached hydrogens (primary N) is 1. The molecule has 1 aliphatic rings. The van der Waals surface area contributed by atoms with Gasteiger partial charge in [-0.15, -0.1) is 0 Å². The lowest BCUT2D eigenvalue weighted by Gasteiger charge is -2.18. The van der Waals surface area contributed by atoms with Crippen molar-refractivity contribution < 1.29 is 10.1 Å². The van der Waals surface area contributed by atoms with Gasteiger partial charge >= 0.3 is 0 Å². The maximum atomic E-state index is 5.19. The topological polar surface area (TPSA) is 25.8 Å². The third-order valence-corrected chi connectivity index (χ3v) is 4.24. The summed E-state index contributed by atoms with van der Waals surface area (Å²) in [6.07, 6.45) is 11.2. The van der Waals surface area contributed by atoms with Gasteiger partial charge in [0.15, 0.2) is 0 Å². The first-order chi connectivity index (χ1) is 9.38. The molecule has 0 radical (unpaired) electrons. The Kier molecular flexibility index (Phi) is 6.22. The van der Waals surface area contributed by atoms with Gasteiger partial charge in [0.05, 0.1) is 19.7 Å². The fourth-order valence-electron chi connectivity index (χ4n) is 3.00. The van der Waals surface area contributed by atoms with E-state index in [0.29, 0.717) is 0 Å². The molecule has 2 nitrogen and oxygen atoms in total. The Balaban J connectivity index is 1.69. The van der Waals surface area contributed by atoms with Gasteiger partial charge < -0.3 is 10.1 Å². The van der Waals surface area contributed by atoms with E-state index < -0.39 is 0 Å². The maximum Gasteiger partial charge on any atom is 0.118 e. The molecule has 0 amide bonds. The van der Waals surface area contributed by atoms with Crippen LogP contribution in [0.2, 0.25) is 0 Å². The molecular weight excluding hydrogens is 234 g/mol. The minimum absolute atomic E-state index is 0.874. The highest BCUT2D eigenvalue weighted by molar-refractivity contribution is 5.27. The van der Waals surface area contributed by atoms with E-state index in [1.54, 1.807) is 7.11 Å². The molecule has 0 saturated heterocycles. The second-order valence-corrected chi connectivity index (χ2v) is 5.73. The Bertz CT molecular complexity index is 339. The fourth-order valence-corrected chi connectivity index (χ4v) is 3.00. The van der Waals surface area contributed by atoms with Crippen molar-refractivity contribution in [3.05, 3.63) is 29.8 Å². The van der Waals surface area contributed by atoms with E-state index in [1.807, 2.05) is 0 Å². The average molecular weight is 262 g/mol. The van der Waals surface area contributed by atoms with Crippen molar-refractivity contribution in [2.45, 2.75) is 57.4 Å². The van der Waals surface area contributed by atoms with Crippen LogP contribution < -0.4 is 10.1 Å². The molecule has 19 heavy (non-hydrogen) atoms. The summed E-state index contributed by atoms with van der Waals surface area (Å²) >= 11 is 0. The minimum atomic E-state index is 0.874. The zero-order valence-electron chi connectivity index (χ0n) is 12.2. The normalized spacial score (nSPS) is 17.7. The first-order valence-electron chi connectivity index (χ1n) is 7.85. The molecule has 1 aromatic carbocycles. The third-order valence-electron chi connectivity index (χ3n) is 4.24. The van der Waals surface area contributed by atoms with E-state index in [1.165, 1.54) is 63.5 Å². The van der Waals surface area contributed by atoms with Crippen LogP contribution in [-0.2, 0) is 6.42 Å². The van der Waals surface area contributed by atoms with Crippen LogP contribution in [0.1, 0.15) is 50.5 Å². The summed E-state index contributed by atoms with van der Waals surface area (Å²) in [5, 5.41) is 2.58. The zero-order valence-corrected chi connectivity index (χ0v) is 12.2. The van der Waals surface area contributed by atoms with Gasteiger partial charge in [-0.05, 0) is 43.4 Å². The van der Waals surface area contributed by atoms with Gasteiger partial charge in [-0.1, -0.05) is 31.4 Å². The SMILES string of the molecule is COc1ccc(CC[NH2+]C2CCCCCCC2)cc1. The molecule has 1 aromatic rings. The van der Waals surface area contributed by atoms with Crippen LogP contribution in [0.5, 0.6) is 5.75 Å². The van der Waals surface area contributed by atoms with Crippen molar-refractivity contribution in [3.8, 4) is 5.75 Å². The molecule has 2 heteroatoms. The van der Waals surface area contributed by atoms with E-state index in [-0.39, 0.29) is 0 Å². The van der Waals surface area contributed by atoms with Crippen molar-refractivity contribution in [3.63, 3.8) is 0 Å². The van der Waals surface area contributed by atoms with Gasteiger partial charge in [-0.2, -0.15) is 0 Å². The van der Waals surface area contributed by atoms with Gasteiger partial charge in [0.1, 0.15) is 5.75 Å². The van der Waals surface area contributed by atoms with Gasteiger partial charge in [-0.25, -0.2) is 0 Å². The van der Waals surface area contributed by atoms with Crippen LogP contribution in [0.3, 0.4) is 0 Å². The predicted octanol–water partition coefficient (Wildman–Crippen LogP) is 2.91. The molecule has 2 rings (SSSR count). The highest BCUT2D eigenvalue weighted by Crippen LogP contribution is 2.15. The number of benzene rings is 1. The summed E-state index contributed by atoms with van der Waals surface area (Å²) in [6, 6.07) is 9.37. The molecule has 0 unspecified atom stereocenters. The van der Waals surface area contributed by atoms with Crippen molar-refractivity contribution >= 4 is 0 Å². The summed E-state index contributed by atoms with van der Waals surface area (Å²) in [5.74, 6) is 0.952. The van der Waals surface area contributed by atoms with Crippen LogP contribution in [-0.4, -0.2) is 19.7 Å². The Morgan fingerprint density at radius 3 is 2.26 bits per heavy atom. The molecule has 0 aromatic heterocycles. The summed E-state index contributed by atoms with van der Waals surface area (Å²) in [5.41, 5.74) is 1.42. The fraction of sp³-hybridized carbons (Fsp3) is 0.647.